The Morgan fingerprint density at radius 2 is 2.00 bits per heavy atom. The van der Waals surface area contributed by atoms with E-state index in [1.807, 2.05) is 0 Å². The Bertz CT molecular complexity index is 780. The highest BCUT2D eigenvalue weighted by molar-refractivity contribution is 7.94. The number of anilines is 1. The molecular weight excluding hydrogens is 314 g/mol. The van der Waals surface area contributed by atoms with Gasteiger partial charge in [0.25, 0.3) is 10.0 Å². The molecule has 1 aromatic carbocycles. The molecule has 2 rings (SSSR count). The SMILES string of the molecule is Cc1cc(NS(=O)(=O)c2ccc(CC(=O)O)s2)ccc1O. The molecule has 0 amide bonds. The molecule has 1 heterocycles. The van der Waals surface area contributed by atoms with E-state index in [1.165, 1.54) is 30.3 Å². The lowest BCUT2D eigenvalue weighted by Crippen LogP contribution is -2.11. The molecule has 0 spiro atoms. The maximum Gasteiger partial charge on any atom is 0.308 e. The number of aliphatic carboxylic acids is 1. The summed E-state index contributed by atoms with van der Waals surface area (Å²) in [5, 5.41) is 18.1. The lowest BCUT2D eigenvalue weighted by atomic mass is 10.2. The number of hydrogen-bond donors (Lipinski definition) is 3. The van der Waals surface area contributed by atoms with Crippen molar-refractivity contribution in [3.05, 3.63) is 40.8 Å². The number of rotatable bonds is 5. The molecule has 0 aliphatic carbocycles. The van der Waals surface area contributed by atoms with Crippen molar-refractivity contribution in [2.45, 2.75) is 17.6 Å². The fourth-order valence-corrected chi connectivity index (χ4v) is 4.07. The molecule has 6 nitrogen and oxygen atoms in total. The monoisotopic (exact) mass is 327 g/mol. The van der Waals surface area contributed by atoms with Crippen molar-refractivity contribution in [3.63, 3.8) is 0 Å². The minimum atomic E-state index is -3.76. The second-order valence-electron chi connectivity index (χ2n) is 4.40. The standard InChI is InChI=1S/C13H13NO5S2/c1-8-6-9(2-4-11(8)15)14-21(18,19)13-5-3-10(20-13)7-12(16)17/h2-6,14-15H,7H2,1H3,(H,16,17). The van der Waals surface area contributed by atoms with Gasteiger partial charge in [-0.15, -0.1) is 11.3 Å². The molecular formula is C13H13NO5S2. The molecule has 0 aliphatic heterocycles. The van der Waals surface area contributed by atoms with E-state index in [9.17, 15) is 18.3 Å². The first-order chi connectivity index (χ1) is 9.78. The Labute approximate surface area is 125 Å². The highest BCUT2D eigenvalue weighted by Gasteiger charge is 2.18. The molecule has 8 heteroatoms. The predicted molar refractivity (Wildman–Crippen MR) is 79.3 cm³/mol. The first-order valence-electron chi connectivity index (χ1n) is 5.91. The third-order valence-electron chi connectivity index (χ3n) is 2.68. The summed E-state index contributed by atoms with van der Waals surface area (Å²) in [4.78, 5) is 11.1. The molecule has 0 saturated carbocycles. The number of nitrogens with one attached hydrogen (secondary N) is 1. The summed E-state index contributed by atoms with van der Waals surface area (Å²) in [6, 6.07) is 7.22. The number of phenols is 1. The molecule has 0 radical (unpaired) electrons. The van der Waals surface area contributed by atoms with Gasteiger partial charge in [0.15, 0.2) is 0 Å². The van der Waals surface area contributed by atoms with E-state index in [0.717, 1.165) is 11.3 Å². The molecule has 2 aromatic rings. The Kier molecular flexibility index (Phi) is 4.19. The van der Waals surface area contributed by atoms with Crippen LogP contribution in [0.15, 0.2) is 34.5 Å². The van der Waals surface area contributed by atoms with Crippen LogP contribution in [-0.2, 0) is 21.2 Å². The number of carbonyl (C=O) groups is 1. The van der Waals surface area contributed by atoms with Gasteiger partial charge in [-0.05, 0) is 42.8 Å². The van der Waals surface area contributed by atoms with Crippen LogP contribution in [0.5, 0.6) is 5.75 Å². The average Bonchev–Trinajstić information content (AvgIpc) is 2.82. The Morgan fingerprint density at radius 1 is 1.29 bits per heavy atom. The molecule has 1 aromatic heterocycles. The summed E-state index contributed by atoms with van der Waals surface area (Å²) in [5.74, 6) is -0.930. The lowest BCUT2D eigenvalue weighted by molar-refractivity contribution is -0.136. The van der Waals surface area contributed by atoms with Crippen molar-refractivity contribution in [2.24, 2.45) is 0 Å². The van der Waals surface area contributed by atoms with E-state index < -0.39 is 16.0 Å². The first-order valence-corrected chi connectivity index (χ1v) is 8.21. The van der Waals surface area contributed by atoms with E-state index in [-0.39, 0.29) is 16.4 Å². The number of sulfonamides is 1. The quantitative estimate of drug-likeness (QED) is 0.730. The summed E-state index contributed by atoms with van der Waals surface area (Å²) in [5.41, 5.74) is 0.881. The zero-order valence-electron chi connectivity index (χ0n) is 11.0. The molecule has 3 N–H and O–H groups in total. The largest absolute Gasteiger partial charge is 0.508 e. The average molecular weight is 327 g/mol. The molecule has 112 valence electrons. The predicted octanol–water partition coefficient (Wildman–Crippen LogP) is 2.19. The smallest absolute Gasteiger partial charge is 0.308 e. The van der Waals surface area contributed by atoms with Crippen molar-refractivity contribution in [3.8, 4) is 5.75 Å². The molecule has 0 bridgehead atoms. The Morgan fingerprint density at radius 3 is 2.62 bits per heavy atom. The van der Waals surface area contributed by atoms with E-state index >= 15 is 0 Å². The molecule has 0 atom stereocenters. The number of aromatic hydroxyl groups is 1. The maximum atomic E-state index is 12.2. The topological polar surface area (TPSA) is 104 Å². The number of benzene rings is 1. The zero-order valence-corrected chi connectivity index (χ0v) is 12.7. The van der Waals surface area contributed by atoms with E-state index in [1.54, 1.807) is 6.92 Å². The molecule has 21 heavy (non-hydrogen) atoms. The Hall–Kier alpha value is -2.06. The van der Waals surface area contributed by atoms with Gasteiger partial charge in [-0.1, -0.05) is 0 Å². The van der Waals surface area contributed by atoms with Crippen LogP contribution < -0.4 is 4.72 Å². The normalized spacial score (nSPS) is 11.3. The number of phenolic OH excluding ortho intramolecular Hbond substituents is 1. The summed E-state index contributed by atoms with van der Waals surface area (Å²) in [6.07, 6.45) is -0.210. The molecule has 0 aliphatic rings. The van der Waals surface area contributed by atoms with Crippen LogP contribution in [0.3, 0.4) is 0 Å². The van der Waals surface area contributed by atoms with Gasteiger partial charge in [0, 0.05) is 10.6 Å². The molecule has 0 saturated heterocycles. The van der Waals surface area contributed by atoms with Gasteiger partial charge in [-0.2, -0.15) is 0 Å². The fraction of sp³-hybridized carbons (Fsp3) is 0.154. The third kappa shape index (κ3) is 3.73. The van der Waals surface area contributed by atoms with Gasteiger partial charge in [-0.3, -0.25) is 9.52 Å². The van der Waals surface area contributed by atoms with Crippen molar-refractivity contribution in [1.29, 1.82) is 0 Å². The van der Waals surface area contributed by atoms with Crippen molar-refractivity contribution >= 4 is 33.0 Å². The van der Waals surface area contributed by atoms with E-state index in [2.05, 4.69) is 4.72 Å². The minimum Gasteiger partial charge on any atom is -0.508 e. The highest BCUT2D eigenvalue weighted by atomic mass is 32.2. The van der Waals surface area contributed by atoms with Crippen LogP contribution >= 0.6 is 11.3 Å². The highest BCUT2D eigenvalue weighted by Crippen LogP contribution is 2.26. The minimum absolute atomic E-state index is 0.0458. The van der Waals surface area contributed by atoms with Gasteiger partial charge in [0.2, 0.25) is 0 Å². The molecule has 0 fully saturated rings. The van der Waals surface area contributed by atoms with E-state index in [0.29, 0.717) is 16.1 Å². The van der Waals surface area contributed by atoms with Gasteiger partial charge < -0.3 is 10.2 Å². The number of hydrogen-bond acceptors (Lipinski definition) is 5. The van der Waals surface area contributed by atoms with Crippen LogP contribution in [0.1, 0.15) is 10.4 Å². The summed E-state index contributed by atoms with van der Waals surface area (Å²) in [6.45, 7) is 1.66. The first kappa shape index (κ1) is 15.3. The number of carboxylic acids is 1. The van der Waals surface area contributed by atoms with Crippen molar-refractivity contribution < 1.29 is 23.4 Å². The van der Waals surface area contributed by atoms with Crippen LogP contribution in [0, 0.1) is 6.92 Å². The maximum absolute atomic E-state index is 12.2. The summed E-state index contributed by atoms with van der Waals surface area (Å²) in [7, 11) is -3.76. The van der Waals surface area contributed by atoms with Gasteiger partial charge >= 0.3 is 5.97 Å². The second kappa shape index (κ2) is 5.74. The van der Waals surface area contributed by atoms with Gasteiger partial charge in [0.05, 0.1) is 6.42 Å². The fourth-order valence-electron chi connectivity index (χ4n) is 1.67. The second-order valence-corrected chi connectivity index (χ2v) is 7.48. The Balaban J connectivity index is 2.23. The number of aryl methyl sites for hydroxylation is 1. The third-order valence-corrected chi connectivity index (χ3v) is 5.63. The summed E-state index contributed by atoms with van der Waals surface area (Å²) < 4.78 is 26.8. The van der Waals surface area contributed by atoms with Crippen molar-refractivity contribution in [2.75, 3.05) is 4.72 Å². The zero-order chi connectivity index (χ0) is 15.6. The lowest BCUT2D eigenvalue weighted by Gasteiger charge is -2.07. The van der Waals surface area contributed by atoms with Crippen LogP contribution in [0.4, 0.5) is 5.69 Å². The van der Waals surface area contributed by atoms with Crippen LogP contribution in [0.2, 0.25) is 0 Å². The number of thiophene rings is 1. The van der Waals surface area contributed by atoms with Crippen LogP contribution in [-0.4, -0.2) is 24.6 Å². The number of carboxylic acid groups (broad SMARTS) is 1. The van der Waals surface area contributed by atoms with Gasteiger partial charge in [0.1, 0.15) is 9.96 Å². The van der Waals surface area contributed by atoms with E-state index in [4.69, 9.17) is 5.11 Å². The van der Waals surface area contributed by atoms with Crippen LogP contribution in [0.25, 0.3) is 0 Å². The summed E-state index contributed by atoms with van der Waals surface area (Å²) >= 11 is 0.914. The van der Waals surface area contributed by atoms with Crippen molar-refractivity contribution in [1.82, 2.24) is 0 Å². The molecule has 0 unspecified atom stereocenters. The van der Waals surface area contributed by atoms with Gasteiger partial charge in [-0.25, -0.2) is 8.42 Å².